The molecule has 0 aliphatic carbocycles. The van der Waals surface area contributed by atoms with E-state index < -0.39 is 23.3 Å². The van der Waals surface area contributed by atoms with Crippen LogP contribution in [0.25, 0.3) is 11.1 Å². The highest BCUT2D eigenvalue weighted by atomic mass is 35.5. The summed E-state index contributed by atoms with van der Waals surface area (Å²) >= 11 is 6.00. The van der Waals surface area contributed by atoms with Crippen molar-refractivity contribution in [3.8, 4) is 11.1 Å². The molecule has 8 nitrogen and oxygen atoms in total. The molecule has 0 saturated heterocycles. The molecule has 0 fully saturated rings. The van der Waals surface area contributed by atoms with Crippen LogP contribution < -0.4 is 11.1 Å². The minimum absolute atomic E-state index is 0.164. The van der Waals surface area contributed by atoms with Crippen LogP contribution in [0.3, 0.4) is 0 Å². The van der Waals surface area contributed by atoms with Gasteiger partial charge >= 0.3 is 5.97 Å². The van der Waals surface area contributed by atoms with Crippen molar-refractivity contribution in [1.82, 2.24) is 20.7 Å². The fourth-order valence-electron chi connectivity index (χ4n) is 3.73. The average Bonchev–Trinajstić information content (AvgIpc) is 3.31. The van der Waals surface area contributed by atoms with E-state index in [0.29, 0.717) is 22.6 Å². The smallest absolute Gasteiger partial charge is 0.309 e. The number of hydrogen-bond donors (Lipinski definition) is 4. The predicted octanol–water partition coefficient (Wildman–Crippen LogP) is 3.44. The van der Waals surface area contributed by atoms with Crippen LogP contribution in [0.1, 0.15) is 35.8 Å². The average molecular weight is 474 g/mol. The zero-order chi connectivity index (χ0) is 24.0. The van der Waals surface area contributed by atoms with Gasteiger partial charge in [0, 0.05) is 16.6 Å². The van der Waals surface area contributed by atoms with Crippen LogP contribution in [0.4, 0.5) is 4.39 Å². The molecule has 1 amide bonds. The van der Waals surface area contributed by atoms with Crippen molar-refractivity contribution in [3.63, 3.8) is 0 Å². The van der Waals surface area contributed by atoms with Gasteiger partial charge in [-0.25, -0.2) is 4.39 Å². The third-order valence-corrected chi connectivity index (χ3v) is 5.81. The third kappa shape index (κ3) is 6.15. The van der Waals surface area contributed by atoms with Crippen LogP contribution in [0, 0.1) is 11.2 Å². The van der Waals surface area contributed by atoms with E-state index in [9.17, 15) is 19.1 Å². The number of halogens is 2. The van der Waals surface area contributed by atoms with Gasteiger partial charge in [0.25, 0.3) is 5.91 Å². The monoisotopic (exact) mass is 473 g/mol. The second-order valence-electron chi connectivity index (χ2n) is 8.17. The van der Waals surface area contributed by atoms with Gasteiger partial charge in [-0.05, 0) is 62.1 Å². The molecule has 3 rings (SSSR count). The molecular weight excluding hydrogens is 449 g/mol. The summed E-state index contributed by atoms with van der Waals surface area (Å²) in [4.78, 5) is 24.5. The Balaban J connectivity index is 1.83. The second kappa shape index (κ2) is 10.5. The highest BCUT2D eigenvalue weighted by Gasteiger charge is 2.35. The largest absolute Gasteiger partial charge is 0.481 e. The predicted molar refractivity (Wildman–Crippen MR) is 122 cm³/mol. The summed E-state index contributed by atoms with van der Waals surface area (Å²) in [7, 11) is 0. The highest BCUT2D eigenvalue weighted by molar-refractivity contribution is 6.30. The number of rotatable bonds is 10. The Bertz CT molecular complexity index is 1110. The maximum Gasteiger partial charge on any atom is 0.309 e. The first-order chi connectivity index (χ1) is 15.7. The number of H-pyrrole nitrogens is 1. The van der Waals surface area contributed by atoms with Gasteiger partial charge in [-0.1, -0.05) is 41.1 Å². The van der Waals surface area contributed by atoms with E-state index in [1.54, 1.807) is 25.1 Å². The molecule has 10 heteroatoms. The van der Waals surface area contributed by atoms with E-state index in [0.717, 1.165) is 5.56 Å². The van der Waals surface area contributed by atoms with E-state index in [2.05, 4.69) is 20.7 Å². The molecule has 1 unspecified atom stereocenters. The fraction of sp³-hybridized carbons (Fsp3) is 0.304. The molecular formula is C23H25ClFN5O3. The zero-order valence-corrected chi connectivity index (χ0v) is 18.8. The van der Waals surface area contributed by atoms with Gasteiger partial charge in [-0.15, -0.1) is 5.10 Å². The lowest BCUT2D eigenvalue weighted by Crippen LogP contribution is -2.43. The lowest BCUT2D eigenvalue weighted by Gasteiger charge is -2.30. The molecule has 0 aliphatic rings. The third-order valence-electron chi connectivity index (χ3n) is 5.58. The first-order valence-electron chi connectivity index (χ1n) is 10.4. The van der Waals surface area contributed by atoms with Gasteiger partial charge < -0.3 is 16.2 Å². The molecule has 174 valence electrons. The normalized spacial score (nSPS) is 13.8. The summed E-state index contributed by atoms with van der Waals surface area (Å²) in [6.07, 6.45) is 2.07. The van der Waals surface area contributed by atoms with Crippen molar-refractivity contribution in [2.45, 2.75) is 32.2 Å². The number of amides is 1. The molecule has 2 aromatic carbocycles. The van der Waals surface area contributed by atoms with Gasteiger partial charge in [0.05, 0.1) is 11.6 Å². The summed E-state index contributed by atoms with van der Waals surface area (Å²) < 4.78 is 14.2. The van der Waals surface area contributed by atoms with E-state index in [4.69, 9.17) is 17.3 Å². The summed E-state index contributed by atoms with van der Waals surface area (Å²) in [6.45, 7) is 1.82. The maximum absolute atomic E-state index is 14.2. The van der Waals surface area contributed by atoms with E-state index in [-0.39, 0.29) is 30.9 Å². The number of benzene rings is 2. The molecule has 0 saturated carbocycles. The summed E-state index contributed by atoms with van der Waals surface area (Å²) in [6, 6.07) is 11.0. The number of carboxylic acids is 1. The number of aromatic amines is 1. The Morgan fingerprint density at radius 3 is 2.61 bits per heavy atom. The molecule has 0 spiro atoms. The lowest BCUT2D eigenvalue weighted by molar-refractivity contribution is -0.149. The minimum Gasteiger partial charge on any atom is -0.481 e. The van der Waals surface area contributed by atoms with Gasteiger partial charge in [-0.2, -0.15) is 0 Å². The number of carboxylic acid groups (broad SMARTS) is 1. The topological polar surface area (TPSA) is 134 Å². The van der Waals surface area contributed by atoms with Crippen LogP contribution in [-0.2, 0) is 11.2 Å². The van der Waals surface area contributed by atoms with Gasteiger partial charge in [0.15, 0.2) is 0 Å². The van der Waals surface area contributed by atoms with Gasteiger partial charge in [-0.3, -0.25) is 14.7 Å². The van der Waals surface area contributed by atoms with Crippen molar-refractivity contribution < 1.29 is 19.1 Å². The quantitative estimate of drug-likeness (QED) is 0.356. The molecule has 1 aromatic heterocycles. The van der Waals surface area contributed by atoms with E-state index >= 15 is 0 Å². The molecule has 0 radical (unpaired) electrons. The SMILES string of the molecule is CC(CCN)(C[C@@H](Cc1ccc(-c2cc(Cl)ccc2F)cc1)NC(=O)c1cnn[nH]1)C(=O)O. The molecule has 3 aromatic rings. The number of carbonyl (C=O) groups is 2. The first kappa shape index (κ1) is 24.3. The number of aromatic nitrogens is 3. The molecule has 5 N–H and O–H groups in total. The number of nitrogens with one attached hydrogen (secondary N) is 2. The van der Waals surface area contributed by atoms with Crippen LogP contribution in [0.15, 0.2) is 48.7 Å². The van der Waals surface area contributed by atoms with Gasteiger partial charge in [0.1, 0.15) is 11.5 Å². The number of nitrogens with two attached hydrogens (primary N) is 1. The van der Waals surface area contributed by atoms with Crippen LogP contribution in [-0.4, -0.2) is 45.0 Å². The Morgan fingerprint density at radius 1 is 1.27 bits per heavy atom. The Morgan fingerprint density at radius 2 is 2.00 bits per heavy atom. The van der Waals surface area contributed by atoms with Crippen molar-refractivity contribution in [2.75, 3.05) is 6.54 Å². The van der Waals surface area contributed by atoms with E-state index in [1.807, 2.05) is 12.1 Å². The molecule has 0 aliphatic heterocycles. The number of nitrogens with zero attached hydrogens (tertiary/aromatic N) is 2. The van der Waals surface area contributed by atoms with E-state index in [1.165, 1.54) is 18.3 Å². The number of aliphatic carboxylic acids is 1. The van der Waals surface area contributed by atoms with Crippen molar-refractivity contribution in [3.05, 3.63) is 70.8 Å². The Labute approximate surface area is 195 Å². The number of hydrogen-bond acceptors (Lipinski definition) is 5. The second-order valence-corrected chi connectivity index (χ2v) is 8.61. The number of carbonyl (C=O) groups excluding carboxylic acids is 1. The Hall–Kier alpha value is -3.30. The Kier molecular flexibility index (Phi) is 7.78. The van der Waals surface area contributed by atoms with Crippen molar-refractivity contribution >= 4 is 23.5 Å². The summed E-state index contributed by atoms with van der Waals surface area (Å²) in [5, 5.41) is 22.7. The molecule has 1 heterocycles. The lowest BCUT2D eigenvalue weighted by atomic mass is 9.79. The molecule has 33 heavy (non-hydrogen) atoms. The van der Waals surface area contributed by atoms with Crippen molar-refractivity contribution in [2.24, 2.45) is 11.1 Å². The highest BCUT2D eigenvalue weighted by Crippen LogP contribution is 2.30. The summed E-state index contributed by atoms with van der Waals surface area (Å²) in [5.74, 6) is -1.81. The van der Waals surface area contributed by atoms with Crippen molar-refractivity contribution in [1.29, 1.82) is 0 Å². The molecule has 2 atom stereocenters. The standard InChI is InChI=1S/C23H25ClFN5O3/c1-23(8-9-26,22(32)33)12-17(28-21(31)20-13-27-30-29-20)10-14-2-4-15(5-3-14)18-11-16(24)6-7-19(18)25/h2-7,11,13,17H,8-10,12,26H2,1H3,(H,28,31)(H,32,33)(H,27,29,30)/t17-,23?/m1/s1. The van der Waals surface area contributed by atoms with Crippen LogP contribution in [0.2, 0.25) is 5.02 Å². The zero-order valence-electron chi connectivity index (χ0n) is 18.0. The maximum atomic E-state index is 14.2. The molecule has 0 bridgehead atoms. The summed E-state index contributed by atoms with van der Waals surface area (Å²) in [5.41, 5.74) is 6.57. The minimum atomic E-state index is -1.12. The fourth-order valence-corrected chi connectivity index (χ4v) is 3.90. The van der Waals surface area contributed by atoms with Gasteiger partial charge in [0.2, 0.25) is 0 Å². The van der Waals surface area contributed by atoms with Crippen LogP contribution >= 0.6 is 11.6 Å². The first-order valence-corrected chi connectivity index (χ1v) is 10.7. The van der Waals surface area contributed by atoms with Crippen LogP contribution in [0.5, 0.6) is 0 Å².